The summed E-state index contributed by atoms with van der Waals surface area (Å²) in [7, 11) is -1.72. The highest BCUT2D eigenvalue weighted by Crippen LogP contribution is 2.32. The summed E-state index contributed by atoms with van der Waals surface area (Å²) in [6.07, 6.45) is 4.47. The van der Waals surface area contributed by atoms with Crippen LogP contribution in [-0.2, 0) is 16.9 Å². The Hall–Kier alpha value is -3.26. The van der Waals surface area contributed by atoms with Crippen LogP contribution in [0.5, 0.6) is 0 Å². The van der Waals surface area contributed by atoms with Crippen LogP contribution in [0.1, 0.15) is 34.6 Å². The molecule has 0 aliphatic heterocycles. The monoisotopic (exact) mass is 425 g/mol. The summed E-state index contributed by atoms with van der Waals surface area (Å²) < 4.78 is 25.0. The Bertz CT molecular complexity index is 1250. The van der Waals surface area contributed by atoms with Gasteiger partial charge in [-0.1, -0.05) is 41.6 Å². The van der Waals surface area contributed by atoms with Gasteiger partial charge in [0.1, 0.15) is 0 Å². The van der Waals surface area contributed by atoms with E-state index < -0.39 is 15.5 Å². The standard InChI is InChI=1S/C22H23N3O4S/c1-15-6-4-5-7-19(15)20(16-8-10-18(11-9-16)30(3,28)29)12-21(24-27)17-13-23-22(26)25(2)14-17/h4-11,13-14,20,27H,12H2,1-3H3/t20-/m0/s1. The highest BCUT2D eigenvalue weighted by Gasteiger charge is 2.21. The van der Waals surface area contributed by atoms with E-state index in [0.717, 1.165) is 16.7 Å². The van der Waals surface area contributed by atoms with E-state index >= 15 is 0 Å². The van der Waals surface area contributed by atoms with Crippen molar-refractivity contribution >= 4 is 15.5 Å². The number of aryl methyl sites for hydroxylation is 2. The molecule has 8 heteroatoms. The fourth-order valence-electron chi connectivity index (χ4n) is 3.40. The number of sulfone groups is 1. The molecular formula is C22H23N3O4S. The molecule has 0 unspecified atom stereocenters. The molecule has 1 aromatic heterocycles. The maximum Gasteiger partial charge on any atom is 0.347 e. The van der Waals surface area contributed by atoms with Crippen molar-refractivity contribution in [1.82, 2.24) is 9.55 Å². The minimum atomic E-state index is -3.30. The van der Waals surface area contributed by atoms with E-state index in [2.05, 4.69) is 10.1 Å². The summed E-state index contributed by atoms with van der Waals surface area (Å²) in [6.45, 7) is 2.00. The van der Waals surface area contributed by atoms with Crippen LogP contribution in [0.15, 0.2) is 75.8 Å². The minimum Gasteiger partial charge on any atom is -0.411 e. The van der Waals surface area contributed by atoms with Crippen molar-refractivity contribution in [2.24, 2.45) is 12.2 Å². The Balaban J connectivity index is 2.07. The number of hydrogen-bond acceptors (Lipinski definition) is 6. The van der Waals surface area contributed by atoms with Gasteiger partial charge in [-0.2, -0.15) is 0 Å². The molecule has 0 saturated heterocycles. The van der Waals surface area contributed by atoms with Crippen LogP contribution in [-0.4, -0.2) is 35.1 Å². The molecule has 0 amide bonds. The lowest BCUT2D eigenvalue weighted by Crippen LogP contribution is -2.21. The first kappa shape index (κ1) is 21.4. The molecule has 0 aliphatic carbocycles. The zero-order chi connectivity index (χ0) is 21.9. The minimum absolute atomic E-state index is 0.192. The van der Waals surface area contributed by atoms with E-state index in [0.29, 0.717) is 17.7 Å². The Kier molecular flexibility index (Phi) is 6.17. The van der Waals surface area contributed by atoms with Gasteiger partial charge in [-0.3, -0.25) is 0 Å². The topological polar surface area (TPSA) is 102 Å². The second-order valence-electron chi connectivity index (χ2n) is 7.24. The summed E-state index contributed by atoms with van der Waals surface area (Å²) in [4.78, 5) is 15.7. The molecule has 0 fully saturated rings. The maximum atomic E-state index is 11.8. The Labute approximate surface area is 175 Å². The van der Waals surface area contributed by atoms with Crippen molar-refractivity contribution in [3.8, 4) is 0 Å². The van der Waals surface area contributed by atoms with Gasteiger partial charge in [0.15, 0.2) is 9.84 Å². The summed E-state index contributed by atoms with van der Waals surface area (Å²) in [5.41, 5.74) is 3.48. The number of hydrogen-bond donors (Lipinski definition) is 1. The molecule has 0 saturated carbocycles. The average Bonchev–Trinajstić information content (AvgIpc) is 2.71. The van der Waals surface area contributed by atoms with Gasteiger partial charge in [0.05, 0.1) is 10.6 Å². The lowest BCUT2D eigenvalue weighted by Gasteiger charge is -2.21. The van der Waals surface area contributed by atoms with Gasteiger partial charge in [0.2, 0.25) is 0 Å². The van der Waals surface area contributed by atoms with E-state index in [1.807, 2.05) is 31.2 Å². The first-order valence-corrected chi connectivity index (χ1v) is 11.2. The zero-order valence-corrected chi connectivity index (χ0v) is 17.8. The van der Waals surface area contributed by atoms with Crippen LogP contribution in [0.3, 0.4) is 0 Å². The normalized spacial score (nSPS) is 13.2. The average molecular weight is 426 g/mol. The maximum absolute atomic E-state index is 11.8. The van der Waals surface area contributed by atoms with Crippen molar-refractivity contribution in [3.05, 3.63) is 93.7 Å². The van der Waals surface area contributed by atoms with Crippen LogP contribution < -0.4 is 5.69 Å². The highest BCUT2D eigenvalue weighted by molar-refractivity contribution is 7.90. The molecule has 0 aliphatic rings. The molecule has 0 radical (unpaired) electrons. The third kappa shape index (κ3) is 4.65. The molecule has 1 N–H and O–H groups in total. The Morgan fingerprint density at radius 1 is 1.17 bits per heavy atom. The summed E-state index contributed by atoms with van der Waals surface area (Å²) in [5, 5.41) is 13.2. The van der Waals surface area contributed by atoms with Crippen LogP contribution in [0.4, 0.5) is 0 Å². The van der Waals surface area contributed by atoms with Crippen molar-refractivity contribution in [3.63, 3.8) is 0 Å². The fraction of sp³-hybridized carbons (Fsp3) is 0.227. The van der Waals surface area contributed by atoms with Gasteiger partial charge in [-0.25, -0.2) is 18.2 Å². The molecule has 0 bridgehead atoms. The first-order valence-electron chi connectivity index (χ1n) is 9.30. The third-order valence-electron chi connectivity index (χ3n) is 5.07. The molecule has 2 aromatic carbocycles. The molecule has 0 spiro atoms. The molecule has 1 atom stereocenters. The number of rotatable bonds is 6. The highest BCUT2D eigenvalue weighted by atomic mass is 32.2. The van der Waals surface area contributed by atoms with Crippen molar-refractivity contribution in [2.45, 2.75) is 24.2 Å². The lowest BCUT2D eigenvalue weighted by atomic mass is 9.84. The van der Waals surface area contributed by atoms with Gasteiger partial charge in [-0.05, 0) is 35.7 Å². The summed E-state index contributed by atoms with van der Waals surface area (Å²) in [6, 6.07) is 14.6. The van der Waals surface area contributed by atoms with E-state index in [-0.39, 0.29) is 10.8 Å². The fourth-order valence-corrected chi connectivity index (χ4v) is 4.03. The molecule has 3 aromatic rings. The smallest absolute Gasteiger partial charge is 0.347 e. The summed E-state index contributed by atoms with van der Waals surface area (Å²) >= 11 is 0. The van der Waals surface area contributed by atoms with E-state index in [1.165, 1.54) is 17.0 Å². The van der Waals surface area contributed by atoms with Gasteiger partial charge >= 0.3 is 5.69 Å². The van der Waals surface area contributed by atoms with Gasteiger partial charge in [0, 0.05) is 43.6 Å². The van der Waals surface area contributed by atoms with Crippen molar-refractivity contribution in [2.75, 3.05) is 6.26 Å². The zero-order valence-electron chi connectivity index (χ0n) is 17.0. The molecular weight excluding hydrogens is 402 g/mol. The third-order valence-corrected chi connectivity index (χ3v) is 6.20. The Morgan fingerprint density at radius 3 is 2.40 bits per heavy atom. The van der Waals surface area contributed by atoms with Crippen molar-refractivity contribution < 1.29 is 13.6 Å². The molecule has 3 rings (SSSR count). The summed E-state index contributed by atoms with van der Waals surface area (Å²) in [5.74, 6) is -0.192. The van der Waals surface area contributed by atoms with Gasteiger partial charge in [0.25, 0.3) is 0 Å². The number of oxime groups is 1. The van der Waals surface area contributed by atoms with E-state index in [1.54, 1.807) is 37.5 Å². The van der Waals surface area contributed by atoms with Crippen LogP contribution in [0.25, 0.3) is 0 Å². The quantitative estimate of drug-likeness (QED) is 0.372. The van der Waals surface area contributed by atoms with E-state index in [4.69, 9.17) is 0 Å². The number of nitrogens with zero attached hydrogens (tertiary/aromatic N) is 3. The van der Waals surface area contributed by atoms with Gasteiger partial charge < -0.3 is 9.77 Å². The lowest BCUT2D eigenvalue weighted by molar-refractivity contribution is 0.317. The second kappa shape index (κ2) is 8.62. The van der Waals surface area contributed by atoms with Crippen molar-refractivity contribution in [1.29, 1.82) is 0 Å². The predicted octanol–water partition coefficient (Wildman–Crippen LogP) is 2.89. The Morgan fingerprint density at radius 2 is 1.83 bits per heavy atom. The predicted molar refractivity (Wildman–Crippen MR) is 115 cm³/mol. The van der Waals surface area contributed by atoms with Gasteiger partial charge in [-0.15, -0.1) is 0 Å². The second-order valence-corrected chi connectivity index (χ2v) is 9.25. The number of benzene rings is 2. The van der Waals surface area contributed by atoms with Crippen LogP contribution >= 0.6 is 0 Å². The van der Waals surface area contributed by atoms with Crippen LogP contribution in [0.2, 0.25) is 0 Å². The largest absolute Gasteiger partial charge is 0.411 e. The first-order chi connectivity index (χ1) is 14.2. The van der Waals surface area contributed by atoms with E-state index in [9.17, 15) is 18.4 Å². The molecule has 156 valence electrons. The SMILES string of the molecule is Cc1ccccc1[C@@H](CC(=NO)c1cnc(=O)n(C)c1)c1ccc(S(C)(=O)=O)cc1. The number of aromatic nitrogens is 2. The van der Waals surface area contributed by atoms with Crippen LogP contribution in [0, 0.1) is 6.92 Å². The molecule has 7 nitrogen and oxygen atoms in total. The molecule has 30 heavy (non-hydrogen) atoms. The molecule has 1 heterocycles.